The maximum absolute atomic E-state index is 12.8. The number of nitrogens with one attached hydrogen (secondary N) is 1. The van der Waals surface area contributed by atoms with Crippen molar-refractivity contribution in [3.63, 3.8) is 0 Å². The number of nitrogens with zero attached hydrogens (tertiary/aromatic N) is 1. The molecule has 1 amide bonds. The van der Waals surface area contributed by atoms with E-state index >= 15 is 0 Å². The molecule has 1 aliphatic carbocycles. The smallest absolute Gasteiger partial charge is 0.239 e. The number of rotatable bonds is 1. The monoisotopic (exact) mass is 294 g/mol. The third-order valence-electron chi connectivity index (χ3n) is 5.82. The van der Waals surface area contributed by atoms with Gasteiger partial charge < -0.3 is 15.3 Å². The van der Waals surface area contributed by atoms with Crippen molar-refractivity contribution in [2.45, 2.75) is 82.4 Å². The molecule has 21 heavy (non-hydrogen) atoms. The van der Waals surface area contributed by atoms with Crippen molar-refractivity contribution in [3.05, 3.63) is 0 Å². The maximum Gasteiger partial charge on any atom is 0.239 e. The second kappa shape index (κ2) is 6.25. The topological polar surface area (TPSA) is 52.6 Å². The molecule has 2 saturated heterocycles. The van der Waals surface area contributed by atoms with Crippen molar-refractivity contribution < 1.29 is 9.90 Å². The molecule has 3 fully saturated rings. The fraction of sp³-hybridized carbons (Fsp3) is 0.941. The summed E-state index contributed by atoms with van der Waals surface area (Å²) in [5.74, 6) is 1.07. The van der Waals surface area contributed by atoms with Crippen LogP contribution >= 0.6 is 0 Å². The SMILES string of the molecule is CC1(O)CCCN(C(=O)C2CCC3CCCCC3N2)CC1. The molecule has 0 radical (unpaired) electrons. The summed E-state index contributed by atoms with van der Waals surface area (Å²) in [7, 11) is 0. The van der Waals surface area contributed by atoms with Crippen LogP contribution in [0.1, 0.15) is 64.7 Å². The van der Waals surface area contributed by atoms with Gasteiger partial charge in [0, 0.05) is 19.1 Å². The first kappa shape index (κ1) is 15.3. The molecule has 2 N–H and O–H groups in total. The lowest BCUT2D eigenvalue weighted by Crippen LogP contribution is -2.55. The highest BCUT2D eigenvalue weighted by Gasteiger charge is 2.37. The second-order valence-corrected chi connectivity index (χ2v) is 7.62. The zero-order valence-electron chi connectivity index (χ0n) is 13.3. The minimum Gasteiger partial charge on any atom is -0.390 e. The standard InChI is InChI=1S/C17H30N2O2/c1-17(21)9-4-11-19(12-10-17)16(20)15-8-7-13-5-2-3-6-14(13)18-15/h13-15,18,21H,2-12H2,1H3. The van der Waals surface area contributed by atoms with E-state index in [1.165, 1.54) is 32.1 Å². The minimum atomic E-state index is -0.594. The van der Waals surface area contributed by atoms with E-state index < -0.39 is 5.60 Å². The van der Waals surface area contributed by atoms with Crippen LogP contribution in [0, 0.1) is 5.92 Å². The van der Waals surface area contributed by atoms with Crippen LogP contribution in [0.3, 0.4) is 0 Å². The highest BCUT2D eigenvalue weighted by Crippen LogP contribution is 2.33. The van der Waals surface area contributed by atoms with Gasteiger partial charge in [0.25, 0.3) is 0 Å². The van der Waals surface area contributed by atoms with Gasteiger partial charge in [0.1, 0.15) is 0 Å². The number of carbonyl (C=O) groups is 1. The van der Waals surface area contributed by atoms with Crippen molar-refractivity contribution in [1.29, 1.82) is 0 Å². The molecule has 0 aromatic rings. The van der Waals surface area contributed by atoms with E-state index in [0.717, 1.165) is 31.7 Å². The zero-order valence-corrected chi connectivity index (χ0v) is 13.3. The van der Waals surface area contributed by atoms with Gasteiger partial charge >= 0.3 is 0 Å². The van der Waals surface area contributed by atoms with Crippen LogP contribution in [0.5, 0.6) is 0 Å². The Kier molecular flexibility index (Phi) is 4.55. The quantitative estimate of drug-likeness (QED) is 0.778. The number of hydrogen-bond donors (Lipinski definition) is 2. The predicted molar refractivity (Wildman–Crippen MR) is 83.0 cm³/mol. The second-order valence-electron chi connectivity index (χ2n) is 7.62. The van der Waals surface area contributed by atoms with Gasteiger partial charge in [0.2, 0.25) is 5.91 Å². The van der Waals surface area contributed by atoms with Gasteiger partial charge in [-0.25, -0.2) is 0 Å². The minimum absolute atomic E-state index is 0.0207. The van der Waals surface area contributed by atoms with Crippen LogP contribution in [0.2, 0.25) is 0 Å². The molecule has 3 aliphatic rings. The molecule has 4 heteroatoms. The Morgan fingerprint density at radius 2 is 1.90 bits per heavy atom. The lowest BCUT2D eigenvalue weighted by molar-refractivity contribution is -0.135. The molecular weight excluding hydrogens is 264 g/mol. The molecule has 4 nitrogen and oxygen atoms in total. The van der Waals surface area contributed by atoms with Crippen LogP contribution in [-0.2, 0) is 4.79 Å². The molecule has 0 aromatic carbocycles. The highest BCUT2D eigenvalue weighted by molar-refractivity contribution is 5.82. The van der Waals surface area contributed by atoms with Crippen LogP contribution in [0.4, 0.5) is 0 Å². The average molecular weight is 294 g/mol. The van der Waals surface area contributed by atoms with E-state index in [1.807, 2.05) is 11.8 Å². The first-order valence-electron chi connectivity index (χ1n) is 8.82. The normalized spacial score (nSPS) is 41.2. The molecule has 120 valence electrons. The first-order valence-corrected chi connectivity index (χ1v) is 8.82. The lowest BCUT2D eigenvalue weighted by Gasteiger charge is -2.41. The summed E-state index contributed by atoms with van der Waals surface area (Å²) in [5.41, 5.74) is -0.594. The first-order chi connectivity index (χ1) is 10.1. The van der Waals surface area contributed by atoms with Gasteiger partial charge in [0.15, 0.2) is 0 Å². The van der Waals surface area contributed by atoms with E-state index in [-0.39, 0.29) is 11.9 Å². The Morgan fingerprint density at radius 1 is 1.10 bits per heavy atom. The summed E-state index contributed by atoms with van der Waals surface area (Å²) in [6.45, 7) is 3.41. The van der Waals surface area contributed by atoms with Gasteiger partial charge in [-0.15, -0.1) is 0 Å². The summed E-state index contributed by atoms with van der Waals surface area (Å²) in [6, 6.07) is 0.587. The van der Waals surface area contributed by atoms with Crippen LogP contribution < -0.4 is 5.32 Å². The molecule has 0 spiro atoms. The Labute approximate surface area is 128 Å². The lowest BCUT2D eigenvalue weighted by atomic mass is 9.77. The summed E-state index contributed by atoms with van der Waals surface area (Å²) in [5, 5.41) is 13.8. The van der Waals surface area contributed by atoms with Crippen LogP contribution in [-0.4, -0.2) is 46.7 Å². The Bertz CT molecular complexity index is 383. The van der Waals surface area contributed by atoms with Gasteiger partial charge in [-0.1, -0.05) is 12.8 Å². The van der Waals surface area contributed by atoms with Crippen LogP contribution in [0.15, 0.2) is 0 Å². The summed E-state index contributed by atoms with van der Waals surface area (Å²) in [6.07, 6.45) is 9.87. The Balaban J connectivity index is 1.57. The van der Waals surface area contributed by atoms with Gasteiger partial charge in [-0.05, 0) is 57.8 Å². The number of aliphatic hydroxyl groups is 1. The van der Waals surface area contributed by atoms with Gasteiger partial charge in [-0.3, -0.25) is 4.79 Å². The number of likely N-dealkylation sites (tertiary alicyclic amines) is 1. The molecule has 4 unspecified atom stereocenters. The van der Waals surface area contributed by atoms with Crippen molar-refractivity contribution in [2.75, 3.05) is 13.1 Å². The fourth-order valence-corrected chi connectivity index (χ4v) is 4.39. The van der Waals surface area contributed by atoms with Crippen molar-refractivity contribution >= 4 is 5.91 Å². The van der Waals surface area contributed by atoms with E-state index in [0.29, 0.717) is 19.0 Å². The van der Waals surface area contributed by atoms with E-state index in [1.54, 1.807) is 0 Å². The predicted octanol–water partition coefficient (Wildman–Crippen LogP) is 2.06. The highest BCUT2D eigenvalue weighted by atomic mass is 16.3. The van der Waals surface area contributed by atoms with Crippen molar-refractivity contribution in [2.24, 2.45) is 5.92 Å². The molecule has 0 bridgehead atoms. The number of piperidine rings is 1. The molecule has 4 atom stereocenters. The fourth-order valence-electron chi connectivity index (χ4n) is 4.39. The Hall–Kier alpha value is -0.610. The summed E-state index contributed by atoms with van der Waals surface area (Å²) < 4.78 is 0. The number of fused-ring (bicyclic) bond motifs is 1. The maximum atomic E-state index is 12.8. The van der Waals surface area contributed by atoms with Gasteiger partial charge in [0.05, 0.1) is 11.6 Å². The molecule has 0 aromatic heterocycles. The molecule has 3 rings (SSSR count). The molecular formula is C17H30N2O2. The Morgan fingerprint density at radius 3 is 2.76 bits per heavy atom. The number of carbonyl (C=O) groups excluding carboxylic acids is 1. The third-order valence-corrected chi connectivity index (χ3v) is 5.82. The number of amides is 1. The third kappa shape index (κ3) is 3.59. The average Bonchev–Trinajstić information content (AvgIpc) is 2.67. The summed E-state index contributed by atoms with van der Waals surface area (Å²) in [4.78, 5) is 14.8. The van der Waals surface area contributed by atoms with E-state index in [9.17, 15) is 9.90 Å². The number of hydrogen-bond acceptors (Lipinski definition) is 3. The van der Waals surface area contributed by atoms with Crippen molar-refractivity contribution in [1.82, 2.24) is 10.2 Å². The van der Waals surface area contributed by atoms with Gasteiger partial charge in [-0.2, -0.15) is 0 Å². The van der Waals surface area contributed by atoms with E-state index in [4.69, 9.17) is 0 Å². The zero-order chi connectivity index (χ0) is 14.9. The largest absolute Gasteiger partial charge is 0.390 e. The van der Waals surface area contributed by atoms with E-state index in [2.05, 4.69) is 5.32 Å². The molecule has 2 aliphatic heterocycles. The molecule has 1 saturated carbocycles. The summed E-state index contributed by atoms with van der Waals surface area (Å²) >= 11 is 0. The molecule has 2 heterocycles. The van der Waals surface area contributed by atoms with Crippen molar-refractivity contribution in [3.8, 4) is 0 Å². The van der Waals surface area contributed by atoms with Crippen LogP contribution in [0.25, 0.3) is 0 Å².